The van der Waals surface area contributed by atoms with Crippen molar-refractivity contribution in [1.82, 2.24) is 9.97 Å². The minimum atomic E-state index is 0.593. The number of para-hydroxylation sites is 2. The van der Waals surface area contributed by atoms with Gasteiger partial charge in [-0.15, -0.1) is 0 Å². The fourth-order valence-electron chi connectivity index (χ4n) is 8.07. The Balaban J connectivity index is 1.17. The van der Waals surface area contributed by atoms with Gasteiger partial charge >= 0.3 is 0 Å². The topological polar surface area (TPSA) is 52.1 Å². The Morgan fingerprint density at radius 3 is 1.45 bits per heavy atom. The third-order valence-electron chi connectivity index (χ3n) is 10.7. The summed E-state index contributed by atoms with van der Waals surface area (Å²) in [5.74, 6) is 0.593. The van der Waals surface area contributed by atoms with Crippen LogP contribution in [0, 0.1) is 0 Å². The van der Waals surface area contributed by atoms with Gasteiger partial charge in [0.25, 0.3) is 0 Å². The van der Waals surface area contributed by atoms with E-state index < -0.39 is 0 Å². The van der Waals surface area contributed by atoms with Crippen molar-refractivity contribution in [3.8, 4) is 67.3 Å². The van der Waals surface area contributed by atoms with Crippen LogP contribution in [0.1, 0.15) is 0 Å². The number of fused-ring (bicyclic) bond motifs is 6. The van der Waals surface area contributed by atoms with Crippen LogP contribution in [-0.2, 0) is 0 Å². The molecule has 3 heterocycles. The zero-order valence-corrected chi connectivity index (χ0v) is 30.2. The summed E-state index contributed by atoms with van der Waals surface area (Å²) in [6.45, 7) is 0. The first-order valence-electron chi connectivity index (χ1n) is 18.8. The third-order valence-corrected chi connectivity index (χ3v) is 10.7. The highest BCUT2D eigenvalue weighted by Crippen LogP contribution is 2.45. The van der Waals surface area contributed by atoms with Crippen LogP contribution < -0.4 is 0 Å². The van der Waals surface area contributed by atoms with Crippen LogP contribution in [0.3, 0.4) is 0 Å². The average molecular weight is 717 g/mol. The van der Waals surface area contributed by atoms with Gasteiger partial charge in [-0.25, -0.2) is 9.97 Å². The van der Waals surface area contributed by atoms with Gasteiger partial charge in [-0.3, -0.25) is 0 Å². The van der Waals surface area contributed by atoms with E-state index in [9.17, 15) is 0 Å². The monoisotopic (exact) mass is 716 g/mol. The Labute approximate surface area is 323 Å². The minimum Gasteiger partial charge on any atom is -0.456 e. The molecule has 0 aliphatic carbocycles. The maximum atomic E-state index is 6.82. The molecule has 0 aliphatic rings. The van der Waals surface area contributed by atoms with Crippen LogP contribution in [0.2, 0.25) is 0 Å². The molecule has 0 aliphatic heterocycles. The quantitative estimate of drug-likeness (QED) is 0.172. The number of benzene rings is 8. The van der Waals surface area contributed by atoms with Crippen molar-refractivity contribution in [3.05, 3.63) is 194 Å². The lowest BCUT2D eigenvalue weighted by Crippen LogP contribution is -1.97. The van der Waals surface area contributed by atoms with Crippen molar-refractivity contribution in [3.63, 3.8) is 0 Å². The predicted molar refractivity (Wildman–Crippen MR) is 229 cm³/mol. The number of rotatable bonds is 6. The Bertz CT molecular complexity index is 3180. The van der Waals surface area contributed by atoms with Crippen LogP contribution in [0.15, 0.2) is 203 Å². The largest absolute Gasteiger partial charge is 0.456 e. The lowest BCUT2D eigenvalue weighted by Gasteiger charge is -2.14. The van der Waals surface area contributed by atoms with Gasteiger partial charge in [-0.2, -0.15) is 0 Å². The van der Waals surface area contributed by atoms with Crippen LogP contribution >= 0.6 is 0 Å². The molecule has 56 heavy (non-hydrogen) atoms. The summed E-state index contributed by atoms with van der Waals surface area (Å²) in [4.78, 5) is 10.7. The lowest BCUT2D eigenvalue weighted by molar-refractivity contribution is 0.668. The van der Waals surface area contributed by atoms with Gasteiger partial charge in [0.1, 0.15) is 22.3 Å². The SMILES string of the molecule is c1ccc(-c2cc(-c3ccccc3)cc(-c3cc(-c4ccccc4)nc(-c4ccc(-c5cccc6oc7ccccc7c56)c5c4oc4ccccc45)n3)c2)cc1. The van der Waals surface area contributed by atoms with Gasteiger partial charge in [-0.1, -0.05) is 146 Å². The highest BCUT2D eigenvalue weighted by Gasteiger charge is 2.22. The van der Waals surface area contributed by atoms with Crippen LogP contribution in [0.5, 0.6) is 0 Å². The summed E-state index contributed by atoms with van der Waals surface area (Å²) in [6.07, 6.45) is 0. The first-order valence-corrected chi connectivity index (χ1v) is 18.8. The molecule has 0 saturated carbocycles. The molecule has 3 aromatic heterocycles. The highest BCUT2D eigenvalue weighted by molar-refractivity contribution is 6.21. The number of hydrogen-bond acceptors (Lipinski definition) is 4. The molecule has 0 saturated heterocycles. The second-order valence-corrected chi connectivity index (χ2v) is 14.1. The maximum Gasteiger partial charge on any atom is 0.164 e. The zero-order valence-electron chi connectivity index (χ0n) is 30.2. The van der Waals surface area contributed by atoms with Gasteiger partial charge < -0.3 is 8.83 Å². The highest BCUT2D eigenvalue weighted by atomic mass is 16.3. The minimum absolute atomic E-state index is 0.593. The molecule has 0 radical (unpaired) electrons. The van der Waals surface area contributed by atoms with E-state index in [1.54, 1.807) is 0 Å². The normalized spacial score (nSPS) is 11.6. The van der Waals surface area contributed by atoms with Crippen LogP contribution in [0.25, 0.3) is 111 Å². The van der Waals surface area contributed by atoms with E-state index in [-0.39, 0.29) is 0 Å². The molecule has 0 amide bonds. The molecule has 11 rings (SSSR count). The standard InChI is InChI=1S/C52H32N2O2/c1-4-15-33(16-5-1)36-29-37(34-17-6-2-7-18-34)31-38(30-36)45-32-44(35-19-8-3-9-20-35)53-52(54-45)43-28-27-40(50-42-22-11-13-25-47(42)56-51(43)50)39-23-14-26-48-49(39)41-21-10-12-24-46(41)55-48/h1-32H. The van der Waals surface area contributed by atoms with Gasteiger partial charge in [0.2, 0.25) is 0 Å². The predicted octanol–water partition coefficient (Wildman–Crippen LogP) is 14.3. The molecule has 8 aromatic carbocycles. The zero-order chi connectivity index (χ0) is 37.0. The summed E-state index contributed by atoms with van der Waals surface area (Å²) in [7, 11) is 0. The Morgan fingerprint density at radius 2 is 0.786 bits per heavy atom. The molecular weight excluding hydrogens is 685 g/mol. The number of nitrogens with zero attached hydrogens (tertiary/aromatic N) is 2. The van der Waals surface area contributed by atoms with Crippen molar-refractivity contribution < 1.29 is 8.83 Å². The fourth-order valence-corrected chi connectivity index (χ4v) is 8.07. The summed E-state index contributed by atoms with van der Waals surface area (Å²) >= 11 is 0. The first-order chi connectivity index (χ1) is 27.7. The van der Waals surface area contributed by atoms with E-state index in [1.165, 1.54) is 0 Å². The van der Waals surface area contributed by atoms with E-state index in [2.05, 4.69) is 146 Å². The molecule has 0 fully saturated rings. The Morgan fingerprint density at radius 1 is 0.304 bits per heavy atom. The van der Waals surface area contributed by atoms with Crippen molar-refractivity contribution in [2.75, 3.05) is 0 Å². The molecule has 0 N–H and O–H groups in total. The molecular formula is C52H32N2O2. The second-order valence-electron chi connectivity index (χ2n) is 14.1. The molecule has 0 spiro atoms. The number of hydrogen-bond donors (Lipinski definition) is 0. The van der Waals surface area contributed by atoms with E-state index in [1.807, 2.05) is 48.5 Å². The molecule has 0 bridgehead atoms. The van der Waals surface area contributed by atoms with Crippen molar-refractivity contribution in [2.24, 2.45) is 0 Å². The molecule has 4 heteroatoms. The third kappa shape index (κ3) is 5.39. The van der Waals surface area contributed by atoms with Crippen molar-refractivity contribution in [2.45, 2.75) is 0 Å². The first kappa shape index (κ1) is 31.9. The fraction of sp³-hybridized carbons (Fsp3) is 0. The molecule has 0 atom stereocenters. The van der Waals surface area contributed by atoms with E-state index >= 15 is 0 Å². The summed E-state index contributed by atoms with van der Waals surface area (Å²) in [5, 5.41) is 4.22. The van der Waals surface area contributed by atoms with E-state index in [0.29, 0.717) is 5.82 Å². The molecule has 0 unspecified atom stereocenters. The average Bonchev–Trinajstić information content (AvgIpc) is 3.86. The summed E-state index contributed by atoms with van der Waals surface area (Å²) < 4.78 is 13.2. The van der Waals surface area contributed by atoms with Crippen LogP contribution in [0.4, 0.5) is 0 Å². The van der Waals surface area contributed by atoms with Crippen molar-refractivity contribution >= 4 is 43.9 Å². The van der Waals surface area contributed by atoms with Gasteiger partial charge in [-0.05, 0) is 81.9 Å². The lowest BCUT2D eigenvalue weighted by atomic mass is 9.93. The van der Waals surface area contributed by atoms with Crippen LogP contribution in [-0.4, -0.2) is 9.97 Å². The van der Waals surface area contributed by atoms with Gasteiger partial charge in [0.05, 0.1) is 17.0 Å². The summed E-state index contributed by atoms with van der Waals surface area (Å²) in [6, 6.07) is 67.3. The number of furan rings is 2. The van der Waals surface area contributed by atoms with Crippen molar-refractivity contribution in [1.29, 1.82) is 0 Å². The number of aromatic nitrogens is 2. The Hall–Kier alpha value is -7.56. The summed E-state index contributed by atoms with van der Waals surface area (Å²) in [5.41, 5.74) is 14.4. The van der Waals surface area contributed by atoms with Gasteiger partial charge in [0, 0.05) is 32.7 Å². The van der Waals surface area contributed by atoms with E-state index in [4.69, 9.17) is 18.8 Å². The van der Waals surface area contributed by atoms with E-state index in [0.717, 1.165) is 105 Å². The molecule has 11 aromatic rings. The smallest absolute Gasteiger partial charge is 0.164 e. The molecule has 4 nitrogen and oxygen atoms in total. The second kappa shape index (κ2) is 13.1. The van der Waals surface area contributed by atoms with Gasteiger partial charge in [0.15, 0.2) is 5.82 Å². The molecule has 262 valence electrons. The Kier molecular flexibility index (Phi) is 7.46. The maximum absolute atomic E-state index is 6.82.